The number of hydrogen-bond acceptors (Lipinski definition) is 3. The smallest absolute Gasteiger partial charge is 0.270 e. The van der Waals surface area contributed by atoms with E-state index in [2.05, 4.69) is 32.8 Å². The second-order valence-corrected chi connectivity index (χ2v) is 3.87. The van der Waals surface area contributed by atoms with Gasteiger partial charge in [-0.1, -0.05) is 22.5 Å². The summed E-state index contributed by atoms with van der Waals surface area (Å²) in [5.74, 6) is -0.292. The molecular formula is C10H8BrN3O. The van der Waals surface area contributed by atoms with E-state index in [1.54, 1.807) is 6.07 Å². The molecule has 0 saturated heterocycles. The molecule has 1 rings (SSSR count). The molecule has 15 heavy (non-hydrogen) atoms. The fourth-order valence-electron chi connectivity index (χ4n) is 0.861. The van der Waals surface area contributed by atoms with E-state index >= 15 is 0 Å². The second kappa shape index (κ2) is 5.27. The van der Waals surface area contributed by atoms with Crippen LogP contribution in [0.15, 0.2) is 29.4 Å². The van der Waals surface area contributed by atoms with Gasteiger partial charge in [0, 0.05) is 17.2 Å². The second-order valence-electron chi connectivity index (χ2n) is 2.74. The number of aromatic nitrogens is 1. The normalized spacial score (nSPS) is 9.07. The number of carbonyl (C=O) groups is 1. The Morgan fingerprint density at radius 2 is 2.40 bits per heavy atom. The highest BCUT2D eigenvalue weighted by molar-refractivity contribution is 9.11. The monoisotopic (exact) mass is 265 g/mol. The minimum atomic E-state index is -0.292. The Balaban J connectivity index is 2.67. The first-order chi connectivity index (χ1) is 7.13. The molecule has 0 aromatic carbocycles. The molecular weight excluding hydrogens is 258 g/mol. The topological polar surface area (TPSA) is 65.8 Å². The van der Waals surface area contributed by atoms with Gasteiger partial charge in [-0.3, -0.25) is 4.79 Å². The molecule has 1 N–H and O–H groups in total. The molecule has 0 bridgehead atoms. The first-order valence-corrected chi connectivity index (χ1v) is 4.90. The molecule has 76 valence electrons. The van der Waals surface area contributed by atoms with Crippen molar-refractivity contribution in [3.63, 3.8) is 0 Å². The van der Waals surface area contributed by atoms with Crippen molar-refractivity contribution in [2.45, 2.75) is 0 Å². The first kappa shape index (κ1) is 11.4. The van der Waals surface area contributed by atoms with Crippen LogP contribution in [0.3, 0.4) is 0 Å². The van der Waals surface area contributed by atoms with Crippen molar-refractivity contribution in [2.75, 3.05) is 6.54 Å². The standard InChI is InChI=1S/C10H8BrN3O/c1-7(11)5-14-10(15)9-3-2-8(4-12)6-13-9/h2-3,6H,1,5H2,(H,14,15). The molecule has 0 unspecified atom stereocenters. The van der Waals surface area contributed by atoms with E-state index < -0.39 is 0 Å². The predicted molar refractivity (Wildman–Crippen MR) is 59.4 cm³/mol. The number of carbonyl (C=O) groups excluding carboxylic acids is 1. The average Bonchev–Trinajstić information content (AvgIpc) is 2.26. The molecule has 0 atom stereocenters. The van der Waals surface area contributed by atoms with Gasteiger partial charge < -0.3 is 5.32 Å². The van der Waals surface area contributed by atoms with Crippen LogP contribution in [0.2, 0.25) is 0 Å². The van der Waals surface area contributed by atoms with E-state index in [1.165, 1.54) is 12.3 Å². The summed E-state index contributed by atoms with van der Waals surface area (Å²) >= 11 is 3.13. The third-order valence-electron chi connectivity index (χ3n) is 1.57. The number of nitrogens with one attached hydrogen (secondary N) is 1. The van der Waals surface area contributed by atoms with Crippen LogP contribution in [-0.2, 0) is 0 Å². The van der Waals surface area contributed by atoms with E-state index in [1.807, 2.05) is 6.07 Å². The largest absolute Gasteiger partial charge is 0.346 e. The number of nitrogens with zero attached hydrogens (tertiary/aromatic N) is 2. The maximum absolute atomic E-state index is 11.4. The van der Waals surface area contributed by atoms with Gasteiger partial charge in [-0.05, 0) is 12.1 Å². The lowest BCUT2D eigenvalue weighted by Gasteiger charge is -2.02. The zero-order valence-electron chi connectivity index (χ0n) is 7.83. The summed E-state index contributed by atoms with van der Waals surface area (Å²) in [6.07, 6.45) is 1.36. The molecule has 0 radical (unpaired) electrons. The Bertz CT molecular complexity index is 419. The van der Waals surface area contributed by atoms with Crippen molar-refractivity contribution in [3.05, 3.63) is 40.6 Å². The minimum absolute atomic E-state index is 0.280. The van der Waals surface area contributed by atoms with Gasteiger partial charge in [0.2, 0.25) is 0 Å². The fraction of sp³-hybridized carbons (Fsp3) is 0.100. The van der Waals surface area contributed by atoms with Crippen molar-refractivity contribution in [1.29, 1.82) is 5.26 Å². The van der Waals surface area contributed by atoms with Crippen LogP contribution in [0.4, 0.5) is 0 Å². The predicted octanol–water partition coefficient (Wildman–Crippen LogP) is 1.59. The molecule has 0 spiro atoms. The van der Waals surface area contributed by atoms with Crippen molar-refractivity contribution in [2.24, 2.45) is 0 Å². The average molecular weight is 266 g/mol. The van der Waals surface area contributed by atoms with Crippen molar-refractivity contribution >= 4 is 21.8 Å². The molecule has 0 fully saturated rings. The lowest BCUT2D eigenvalue weighted by molar-refractivity contribution is 0.0953. The summed E-state index contributed by atoms with van der Waals surface area (Å²) < 4.78 is 0.685. The van der Waals surface area contributed by atoms with E-state index in [-0.39, 0.29) is 11.6 Å². The van der Waals surface area contributed by atoms with E-state index in [4.69, 9.17) is 5.26 Å². The molecule has 1 aromatic rings. The number of hydrogen-bond donors (Lipinski definition) is 1. The Morgan fingerprint density at radius 3 is 2.87 bits per heavy atom. The van der Waals surface area contributed by atoms with Crippen LogP contribution in [0.5, 0.6) is 0 Å². The van der Waals surface area contributed by atoms with Gasteiger partial charge in [0.25, 0.3) is 5.91 Å². The molecule has 0 saturated carbocycles. The zero-order valence-corrected chi connectivity index (χ0v) is 9.41. The third kappa shape index (κ3) is 3.52. The van der Waals surface area contributed by atoms with Crippen LogP contribution in [0, 0.1) is 11.3 Å². The molecule has 5 heteroatoms. The van der Waals surface area contributed by atoms with Gasteiger partial charge in [0.05, 0.1) is 5.56 Å². The molecule has 4 nitrogen and oxygen atoms in total. The summed E-state index contributed by atoms with van der Waals surface area (Å²) in [4.78, 5) is 15.3. The number of pyridine rings is 1. The summed E-state index contributed by atoms with van der Waals surface area (Å²) in [7, 11) is 0. The first-order valence-electron chi connectivity index (χ1n) is 4.11. The van der Waals surface area contributed by atoms with Crippen LogP contribution >= 0.6 is 15.9 Å². The number of nitriles is 1. The van der Waals surface area contributed by atoms with Gasteiger partial charge in [0.1, 0.15) is 11.8 Å². The SMILES string of the molecule is C=C(Br)CNC(=O)c1ccc(C#N)cn1. The summed E-state index contributed by atoms with van der Waals surface area (Å²) in [5, 5.41) is 11.1. The molecule has 0 aliphatic carbocycles. The Kier molecular flexibility index (Phi) is 4.01. The molecule has 0 aliphatic heterocycles. The number of rotatable bonds is 3. The highest BCUT2D eigenvalue weighted by atomic mass is 79.9. The summed E-state index contributed by atoms with van der Waals surface area (Å²) in [6.45, 7) is 3.93. The van der Waals surface area contributed by atoms with Crippen LogP contribution in [0.25, 0.3) is 0 Å². The zero-order chi connectivity index (χ0) is 11.3. The molecule has 1 amide bonds. The van der Waals surface area contributed by atoms with Gasteiger partial charge in [-0.25, -0.2) is 4.98 Å². The highest BCUT2D eigenvalue weighted by Gasteiger charge is 2.05. The van der Waals surface area contributed by atoms with Crippen LogP contribution in [0.1, 0.15) is 16.1 Å². The van der Waals surface area contributed by atoms with Crippen molar-refractivity contribution < 1.29 is 4.79 Å². The lowest BCUT2D eigenvalue weighted by Crippen LogP contribution is -2.25. The van der Waals surface area contributed by atoms with E-state index in [0.29, 0.717) is 16.6 Å². The van der Waals surface area contributed by atoms with Gasteiger partial charge in [-0.2, -0.15) is 5.26 Å². The van der Waals surface area contributed by atoms with Gasteiger partial charge in [0.15, 0.2) is 0 Å². The Morgan fingerprint density at radius 1 is 1.67 bits per heavy atom. The third-order valence-corrected chi connectivity index (χ3v) is 1.85. The van der Waals surface area contributed by atoms with E-state index in [9.17, 15) is 4.79 Å². The van der Waals surface area contributed by atoms with Crippen molar-refractivity contribution in [1.82, 2.24) is 10.3 Å². The van der Waals surface area contributed by atoms with Crippen LogP contribution < -0.4 is 5.32 Å². The molecule has 0 aliphatic rings. The van der Waals surface area contributed by atoms with E-state index in [0.717, 1.165) is 0 Å². The van der Waals surface area contributed by atoms with Crippen molar-refractivity contribution in [3.8, 4) is 6.07 Å². The minimum Gasteiger partial charge on any atom is -0.346 e. The highest BCUT2D eigenvalue weighted by Crippen LogP contribution is 2.00. The maximum atomic E-state index is 11.4. The fourth-order valence-corrected chi connectivity index (χ4v) is 1.00. The molecule has 1 aromatic heterocycles. The summed E-state index contributed by atoms with van der Waals surface area (Å²) in [5.41, 5.74) is 0.708. The maximum Gasteiger partial charge on any atom is 0.270 e. The van der Waals surface area contributed by atoms with Gasteiger partial charge >= 0.3 is 0 Å². The molecule has 1 heterocycles. The lowest BCUT2D eigenvalue weighted by atomic mass is 10.2. The quantitative estimate of drug-likeness (QED) is 0.903. The van der Waals surface area contributed by atoms with Gasteiger partial charge in [-0.15, -0.1) is 0 Å². The van der Waals surface area contributed by atoms with Crippen LogP contribution in [-0.4, -0.2) is 17.4 Å². The summed E-state index contributed by atoms with van der Waals surface area (Å²) in [6, 6.07) is 4.98. The Hall–Kier alpha value is -1.67. The number of halogens is 1. The Labute approximate surface area is 95.8 Å². The number of amides is 1.